The Hall–Kier alpha value is -3.67. The lowest BCUT2D eigenvalue weighted by Gasteiger charge is -2.12. The molecular formula is C29H28ClN5O4S2. The number of fused-ring (bicyclic) bond motifs is 1. The van der Waals surface area contributed by atoms with Crippen LogP contribution in [0.15, 0.2) is 59.8 Å². The summed E-state index contributed by atoms with van der Waals surface area (Å²) in [6.07, 6.45) is 2.93. The second-order valence-electron chi connectivity index (χ2n) is 9.27. The number of aromatic nitrogens is 3. The van der Waals surface area contributed by atoms with Crippen molar-refractivity contribution in [3.63, 3.8) is 0 Å². The third-order valence-electron chi connectivity index (χ3n) is 6.40. The van der Waals surface area contributed by atoms with Gasteiger partial charge < -0.3 is 15.4 Å². The van der Waals surface area contributed by atoms with Gasteiger partial charge in [0.1, 0.15) is 5.00 Å². The molecular weight excluding hydrogens is 582 g/mol. The number of thiophene rings is 1. The number of carbonyl (C=O) groups excluding carboxylic acids is 3. The Bertz CT molecular complexity index is 1570. The summed E-state index contributed by atoms with van der Waals surface area (Å²) in [5.74, 6) is -0.306. The van der Waals surface area contributed by atoms with Crippen LogP contribution in [0.5, 0.6) is 0 Å². The molecule has 0 saturated heterocycles. The van der Waals surface area contributed by atoms with Crippen molar-refractivity contribution < 1.29 is 19.1 Å². The molecule has 0 fully saturated rings. The fraction of sp³-hybridized carbons (Fsp3) is 0.276. The Labute approximate surface area is 250 Å². The van der Waals surface area contributed by atoms with E-state index >= 15 is 0 Å². The van der Waals surface area contributed by atoms with E-state index in [1.807, 2.05) is 42.5 Å². The molecule has 41 heavy (non-hydrogen) atoms. The summed E-state index contributed by atoms with van der Waals surface area (Å²) in [6, 6.07) is 16.7. The minimum atomic E-state index is -0.408. The van der Waals surface area contributed by atoms with Gasteiger partial charge in [0.25, 0.3) is 0 Å². The molecule has 5 rings (SSSR count). The standard InChI is InChI=1S/C29H28ClN5O4S2/c1-2-39-28(38)26-21-12-7-13-22(21)41-27(26)32-25(37)17-40-29-34-33-23(35(29)20-11-6-10-19(30)15-20)16-31-24(36)14-18-8-4-3-5-9-18/h3-6,8-11,15H,2,7,12-14,16-17H2,1H3,(H,31,36)(H,32,37). The van der Waals surface area contributed by atoms with Gasteiger partial charge in [-0.25, -0.2) is 4.79 Å². The SMILES string of the molecule is CCOC(=O)c1c(NC(=O)CSc2nnc(CNC(=O)Cc3ccccc3)n2-c2cccc(Cl)c2)sc2c1CCC2. The van der Waals surface area contributed by atoms with E-state index in [1.54, 1.807) is 23.6 Å². The van der Waals surface area contributed by atoms with Crippen LogP contribution in [-0.2, 0) is 40.1 Å². The highest BCUT2D eigenvalue weighted by Crippen LogP contribution is 2.39. The molecule has 9 nitrogen and oxygen atoms in total. The van der Waals surface area contributed by atoms with Gasteiger partial charge in [-0.05, 0) is 55.5 Å². The summed E-state index contributed by atoms with van der Waals surface area (Å²) in [5.41, 5.74) is 3.07. The molecule has 212 valence electrons. The molecule has 2 aromatic heterocycles. The smallest absolute Gasteiger partial charge is 0.341 e. The fourth-order valence-electron chi connectivity index (χ4n) is 4.61. The number of esters is 1. The monoisotopic (exact) mass is 609 g/mol. The molecule has 12 heteroatoms. The minimum Gasteiger partial charge on any atom is -0.462 e. The van der Waals surface area contributed by atoms with Crippen LogP contribution in [0.3, 0.4) is 0 Å². The number of ether oxygens (including phenoxy) is 1. The van der Waals surface area contributed by atoms with Gasteiger partial charge in [-0.1, -0.05) is 59.8 Å². The van der Waals surface area contributed by atoms with E-state index in [1.165, 1.54) is 23.1 Å². The van der Waals surface area contributed by atoms with Crippen molar-refractivity contribution in [2.45, 2.75) is 44.3 Å². The Kier molecular flexibility index (Phi) is 9.38. The topological polar surface area (TPSA) is 115 Å². The molecule has 1 aliphatic carbocycles. The Balaban J connectivity index is 1.30. The average Bonchev–Trinajstić information content (AvgIpc) is 3.66. The van der Waals surface area contributed by atoms with E-state index in [0.29, 0.717) is 32.3 Å². The van der Waals surface area contributed by atoms with Crippen LogP contribution in [0.4, 0.5) is 5.00 Å². The maximum atomic E-state index is 13.0. The van der Waals surface area contributed by atoms with Crippen molar-refractivity contribution in [2.24, 2.45) is 0 Å². The summed E-state index contributed by atoms with van der Waals surface area (Å²) >= 11 is 8.90. The largest absolute Gasteiger partial charge is 0.462 e. The summed E-state index contributed by atoms with van der Waals surface area (Å²) in [7, 11) is 0. The van der Waals surface area contributed by atoms with E-state index in [2.05, 4.69) is 20.8 Å². The van der Waals surface area contributed by atoms with E-state index in [0.717, 1.165) is 35.3 Å². The molecule has 0 spiro atoms. The maximum absolute atomic E-state index is 13.0. The van der Waals surface area contributed by atoms with Crippen LogP contribution in [0, 0.1) is 0 Å². The molecule has 0 unspecified atom stereocenters. The summed E-state index contributed by atoms with van der Waals surface area (Å²) < 4.78 is 7.04. The van der Waals surface area contributed by atoms with E-state index in [-0.39, 0.29) is 37.1 Å². The molecule has 1 aliphatic rings. The predicted molar refractivity (Wildman–Crippen MR) is 160 cm³/mol. The first-order chi connectivity index (χ1) is 19.9. The molecule has 2 aromatic carbocycles. The van der Waals surface area contributed by atoms with Crippen LogP contribution in [-0.4, -0.2) is 44.9 Å². The quantitative estimate of drug-likeness (QED) is 0.177. The van der Waals surface area contributed by atoms with E-state index in [4.69, 9.17) is 16.3 Å². The van der Waals surface area contributed by atoms with Gasteiger partial charge in [0.05, 0.1) is 36.6 Å². The average molecular weight is 610 g/mol. The number of rotatable bonds is 11. The fourth-order valence-corrected chi connectivity index (χ4v) is 6.86. The molecule has 2 amide bonds. The number of carbonyl (C=O) groups is 3. The Morgan fingerprint density at radius 1 is 1.07 bits per heavy atom. The molecule has 0 atom stereocenters. The Morgan fingerprint density at radius 2 is 1.90 bits per heavy atom. The number of aryl methyl sites for hydroxylation is 1. The second kappa shape index (κ2) is 13.3. The third kappa shape index (κ3) is 6.98. The van der Waals surface area contributed by atoms with E-state index in [9.17, 15) is 14.4 Å². The summed E-state index contributed by atoms with van der Waals surface area (Å²) in [6.45, 7) is 2.17. The zero-order chi connectivity index (χ0) is 28.8. The van der Waals surface area contributed by atoms with Crippen LogP contribution in [0.2, 0.25) is 5.02 Å². The maximum Gasteiger partial charge on any atom is 0.341 e. The van der Waals surface area contributed by atoms with Gasteiger partial charge in [0, 0.05) is 9.90 Å². The van der Waals surface area contributed by atoms with Crippen molar-refractivity contribution in [2.75, 3.05) is 17.7 Å². The van der Waals surface area contributed by atoms with Crippen LogP contribution in [0.1, 0.15) is 45.5 Å². The number of benzene rings is 2. The number of nitrogens with zero attached hydrogens (tertiary/aromatic N) is 3. The normalized spacial score (nSPS) is 12.1. The van der Waals surface area contributed by atoms with Crippen molar-refractivity contribution in [1.82, 2.24) is 20.1 Å². The lowest BCUT2D eigenvalue weighted by Crippen LogP contribution is -2.26. The number of amides is 2. The number of hydrogen-bond acceptors (Lipinski definition) is 8. The first kappa shape index (κ1) is 28.8. The highest BCUT2D eigenvalue weighted by atomic mass is 35.5. The van der Waals surface area contributed by atoms with Gasteiger partial charge in [0.15, 0.2) is 11.0 Å². The molecule has 0 bridgehead atoms. The summed E-state index contributed by atoms with van der Waals surface area (Å²) in [4.78, 5) is 39.4. The minimum absolute atomic E-state index is 0.0316. The van der Waals surface area contributed by atoms with Gasteiger partial charge in [-0.2, -0.15) is 0 Å². The lowest BCUT2D eigenvalue weighted by molar-refractivity contribution is -0.120. The third-order valence-corrected chi connectivity index (χ3v) is 8.78. The predicted octanol–water partition coefficient (Wildman–Crippen LogP) is 5.24. The molecule has 2 heterocycles. The highest BCUT2D eigenvalue weighted by Gasteiger charge is 2.28. The molecule has 0 aliphatic heterocycles. The zero-order valence-corrected chi connectivity index (χ0v) is 24.7. The molecule has 4 aromatic rings. The number of anilines is 1. The Morgan fingerprint density at radius 3 is 2.68 bits per heavy atom. The van der Waals surface area contributed by atoms with E-state index < -0.39 is 5.97 Å². The first-order valence-electron chi connectivity index (χ1n) is 13.2. The van der Waals surface area contributed by atoms with Crippen molar-refractivity contribution in [3.05, 3.63) is 87.0 Å². The van der Waals surface area contributed by atoms with Gasteiger partial charge in [-0.3, -0.25) is 14.2 Å². The number of nitrogens with one attached hydrogen (secondary N) is 2. The van der Waals surface area contributed by atoms with Crippen LogP contribution >= 0.6 is 34.7 Å². The van der Waals surface area contributed by atoms with Crippen molar-refractivity contribution in [1.29, 1.82) is 0 Å². The number of halogens is 1. The van der Waals surface area contributed by atoms with Gasteiger partial charge in [-0.15, -0.1) is 21.5 Å². The molecule has 0 radical (unpaired) electrons. The highest BCUT2D eigenvalue weighted by molar-refractivity contribution is 7.99. The number of thioether (sulfide) groups is 1. The second-order valence-corrected chi connectivity index (χ2v) is 11.8. The van der Waals surface area contributed by atoms with Crippen LogP contribution in [0.25, 0.3) is 5.69 Å². The van der Waals surface area contributed by atoms with Gasteiger partial charge >= 0.3 is 5.97 Å². The summed E-state index contributed by atoms with van der Waals surface area (Å²) in [5, 5.41) is 15.9. The first-order valence-corrected chi connectivity index (χ1v) is 15.4. The number of hydrogen-bond donors (Lipinski definition) is 2. The van der Waals surface area contributed by atoms with Crippen molar-refractivity contribution >= 4 is 57.5 Å². The van der Waals surface area contributed by atoms with Gasteiger partial charge in [0.2, 0.25) is 11.8 Å². The molecule has 2 N–H and O–H groups in total. The van der Waals surface area contributed by atoms with Crippen molar-refractivity contribution in [3.8, 4) is 5.69 Å². The lowest BCUT2D eigenvalue weighted by atomic mass is 10.1. The zero-order valence-electron chi connectivity index (χ0n) is 22.3. The molecule has 0 saturated carbocycles. The van der Waals surface area contributed by atoms with Crippen LogP contribution < -0.4 is 10.6 Å².